The van der Waals surface area contributed by atoms with Gasteiger partial charge >= 0.3 is 6.03 Å². The van der Waals surface area contributed by atoms with E-state index in [-0.39, 0.29) is 17.9 Å². The van der Waals surface area contributed by atoms with Crippen LogP contribution in [0.5, 0.6) is 0 Å². The summed E-state index contributed by atoms with van der Waals surface area (Å²) in [7, 11) is 0. The fourth-order valence-electron chi connectivity index (χ4n) is 2.61. The number of hydrogen-bond donors (Lipinski definition) is 2. The summed E-state index contributed by atoms with van der Waals surface area (Å²) in [6.45, 7) is 6.63. The third-order valence-electron chi connectivity index (χ3n) is 3.64. The predicted octanol–water partition coefficient (Wildman–Crippen LogP) is 2.50. The number of amides is 2. The first kappa shape index (κ1) is 15.5. The number of anilines is 1. The standard InChI is InChI=1S/C16H23N3O2/c1-12(11-19-8-3-4-9-19)17-16(21)18-15-7-5-6-14(10-15)13(2)20/h5-7,10,12H,3-4,8-9,11H2,1-2H3,(H2,17,18,21). The van der Waals surface area contributed by atoms with Crippen molar-refractivity contribution in [3.63, 3.8) is 0 Å². The van der Waals surface area contributed by atoms with Gasteiger partial charge in [0.15, 0.2) is 5.78 Å². The highest BCUT2D eigenvalue weighted by atomic mass is 16.2. The number of ketones is 1. The second-order valence-electron chi connectivity index (χ2n) is 5.64. The summed E-state index contributed by atoms with van der Waals surface area (Å²) in [6, 6.07) is 6.83. The summed E-state index contributed by atoms with van der Waals surface area (Å²) in [4.78, 5) is 25.6. The van der Waals surface area contributed by atoms with Gasteiger partial charge in [-0.2, -0.15) is 0 Å². The quantitative estimate of drug-likeness (QED) is 0.819. The molecule has 114 valence electrons. The van der Waals surface area contributed by atoms with Crippen molar-refractivity contribution in [1.82, 2.24) is 10.2 Å². The minimum Gasteiger partial charge on any atom is -0.334 e. The van der Waals surface area contributed by atoms with Crippen LogP contribution in [0, 0.1) is 0 Å². The van der Waals surface area contributed by atoms with Crippen LogP contribution in [-0.2, 0) is 0 Å². The molecule has 1 saturated heterocycles. The van der Waals surface area contributed by atoms with Crippen molar-refractivity contribution in [3.05, 3.63) is 29.8 Å². The second-order valence-corrected chi connectivity index (χ2v) is 5.64. The van der Waals surface area contributed by atoms with E-state index in [9.17, 15) is 9.59 Å². The Kier molecular flexibility index (Phi) is 5.33. The average Bonchev–Trinajstić information content (AvgIpc) is 2.91. The lowest BCUT2D eigenvalue weighted by molar-refractivity contribution is 0.101. The maximum absolute atomic E-state index is 12.0. The summed E-state index contributed by atoms with van der Waals surface area (Å²) in [5, 5.41) is 5.70. The fraction of sp³-hybridized carbons (Fsp3) is 0.500. The van der Waals surface area contributed by atoms with E-state index in [0.717, 1.165) is 19.6 Å². The van der Waals surface area contributed by atoms with E-state index in [4.69, 9.17) is 0 Å². The van der Waals surface area contributed by atoms with Crippen molar-refractivity contribution in [2.75, 3.05) is 25.0 Å². The molecule has 2 N–H and O–H groups in total. The van der Waals surface area contributed by atoms with Gasteiger partial charge in [0.05, 0.1) is 0 Å². The van der Waals surface area contributed by atoms with Crippen LogP contribution in [0.15, 0.2) is 24.3 Å². The average molecular weight is 289 g/mol. The van der Waals surface area contributed by atoms with Crippen LogP contribution >= 0.6 is 0 Å². The van der Waals surface area contributed by atoms with Crippen LogP contribution in [0.25, 0.3) is 0 Å². The number of hydrogen-bond acceptors (Lipinski definition) is 3. The molecule has 0 spiro atoms. The third kappa shape index (κ3) is 4.86. The highest BCUT2D eigenvalue weighted by Crippen LogP contribution is 2.11. The molecule has 1 aromatic rings. The Labute approximate surface area is 125 Å². The van der Waals surface area contributed by atoms with Crippen LogP contribution in [0.3, 0.4) is 0 Å². The molecule has 5 heteroatoms. The van der Waals surface area contributed by atoms with Crippen LogP contribution in [0.4, 0.5) is 10.5 Å². The second kappa shape index (κ2) is 7.22. The van der Waals surface area contributed by atoms with Crippen LogP contribution < -0.4 is 10.6 Å². The molecule has 1 fully saturated rings. The van der Waals surface area contributed by atoms with Crippen LogP contribution in [0.2, 0.25) is 0 Å². The molecule has 0 aromatic heterocycles. The van der Waals surface area contributed by atoms with Gasteiger partial charge < -0.3 is 15.5 Å². The number of urea groups is 1. The summed E-state index contributed by atoms with van der Waals surface area (Å²) >= 11 is 0. The Balaban J connectivity index is 1.83. The van der Waals surface area contributed by atoms with Gasteiger partial charge in [-0.3, -0.25) is 4.79 Å². The van der Waals surface area contributed by atoms with Crippen molar-refractivity contribution in [3.8, 4) is 0 Å². The van der Waals surface area contributed by atoms with Gasteiger partial charge in [-0.05, 0) is 51.9 Å². The number of rotatable bonds is 5. The first-order valence-electron chi connectivity index (χ1n) is 7.45. The number of likely N-dealkylation sites (tertiary alicyclic amines) is 1. The van der Waals surface area contributed by atoms with Gasteiger partial charge in [-0.1, -0.05) is 12.1 Å². The molecule has 0 saturated carbocycles. The molecule has 0 radical (unpaired) electrons. The van der Waals surface area contributed by atoms with Gasteiger partial charge in [-0.15, -0.1) is 0 Å². The molecule has 1 atom stereocenters. The van der Waals surface area contributed by atoms with E-state index in [0.29, 0.717) is 11.3 Å². The van der Waals surface area contributed by atoms with E-state index in [2.05, 4.69) is 15.5 Å². The van der Waals surface area contributed by atoms with Gasteiger partial charge in [0.25, 0.3) is 0 Å². The van der Waals surface area contributed by atoms with E-state index < -0.39 is 0 Å². The summed E-state index contributed by atoms with van der Waals surface area (Å²) in [5.41, 5.74) is 1.23. The largest absolute Gasteiger partial charge is 0.334 e. The molecule has 1 aliphatic rings. The molecular formula is C16H23N3O2. The minimum absolute atomic E-state index is 0.0125. The SMILES string of the molecule is CC(=O)c1cccc(NC(=O)NC(C)CN2CCCC2)c1. The molecule has 2 rings (SSSR count). The van der Waals surface area contributed by atoms with Gasteiger partial charge in [0.1, 0.15) is 0 Å². The fourth-order valence-corrected chi connectivity index (χ4v) is 2.61. The lowest BCUT2D eigenvalue weighted by atomic mass is 10.1. The van der Waals surface area contributed by atoms with Crippen LogP contribution in [0.1, 0.15) is 37.0 Å². The van der Waals surface area contributed by atoms with Gasteiger partial charge in [-0.25, -0.2) is 4.79 Å². The molecule has 1 aromatic carbocycles. The van der Waals surface area contributed by atoms with Crippen molar-refractivity contribution >= 4 is 17.5 Å². The zero-order valence-corrected chi connectivity index (χ0v) is 12.7. The maximum atomic E-state index is 12.0. The van der Waals surface area contributed by atoms with E-state index in [1.807, 2.05) is 6.92 Å². The summed E-state index contributed by atoms with van der Waals surface area (Å²) < 4.78 is 0. The van der Waals surface area contributed by atoms with Gasteiger partial charge in [0.2, 0.25) is 0 Å². The monoisotopic (exact) mass is 289 g/mol. The Bertz CT molecular complexity index is 510. The molecule has 21 heavy (non-hydrogen) atoms. The Morgan fingerprint density at radius 3 is 2.67 bits per heavy atom. The summed E-state index contributed by atoms with van der Waals surface area (Å²) in [6.07, 6.45) is 2.49. The molecular weight excluding hydrogens is 266 g/mol. The number of Topliss-reactive ketones (excluding diaryl/α,β-unsaturated/α-hetero) is 1. The molecule has 1 aliphatic heterocycles. The lowest BCUT2D eigenvalue weighted by Crippen LogP contribution is -2.42. The normalized spacial score (nSPS) is 16.5. The molecule has 5 nitrogen and oxygen atoms in total. The number of carbonyl (C=O) groups excluding carboxylic acids is 2. The number of carbonyl (C=O) groups is 2. The lowest BCUT2D eigenvalue weighted by Gasteiger charge is -2.21. The molecule has 1 heterocycles. The van der Waals surface area contributed by atoms with Crippen molar-refractivity contribution < 1.29 is 9.59 Å². The van der Waals surface area contributed by atoms with Crippen molar-refractivity contribution in [2.45, 2.75) is 32.7 Å². The molecule has 1 unspecified atom stereocenters. The summed E-state index contributed by atoms with van der Waals surface area (Å²) in [5.74, 6) is -0.0125. The molecule has 2 amide bonds. The predicted molar refractivity (Wildman–Crippen MR) is 83.7 cm³/mol. The number of benzene rings is 1. The minimum atomic E-state index is -0.234. The molecule has 0 aliphatic carbocycles. The van der Waals surface area contributed by atoms with E-state index >= 15 is 0 Å². The zero-order valence-electron chi connectivity index (χ0n) is 12.7. The van der Waals surface area contributed by atoms with Crippen LogP contribution in [-0.4, -0.2) is 42.4 Å². The van der Waals surface area contributed by atoms with Crippen molar-refractivity contribution in [1.29, 1.82) is 0 Å². The zero-order chi connectivity index (χ0) is 15.2. The van der Waals surface area contributed by atoms with E-state index in [1.54, 1.807) is 24.3 Å². The molecule has 0 bridgehead atoms. The Hall–Kier alpha value is -1.88. The maximum Gasteiger partial charge on any atom is 0.319 e. The highest BCUT2D eigenvalue weighted by molar-refractivity contribution is 5.96. The smallest absolute Gasteiger partial charge is 0.319 e. The topological polar surface area (TPSA) is 61.4 Å². The Morgan fingerprint density at radius 1 is 1.29 bits per heavy atom. The first-order chi connectivity index (χ1) is 10.0. The van der Waals surface area contributed by atoms with E-state index in [1.165, 1.54) is 19.8 Å². The highest BCUT2D eigenvalue weighted by Gasteiger charge is 2.16. The van der Waals surface area contributed by atoms with Crippen molar-refractivity contribution in [2.24, 2.45) is 0 Å². The first-order valence-corrected chi connectivity index (χ1v) is 7.45. The van der Waals surface area contributed by atoms with Gasteiger partial charge in [0, 0.05) is 23.8 Å². The Morgan fingerprint density at radius 2 is 2.00 bits per heavy atom. The number of nitrogens with zero attached hydrogens (tertiary/aromatic N) is 1. The third-order valence-corrected chi connectivity index (χ3v) is 3.64. The number of nitrogens with one attached hydrogen (secondary N) is 2.